The van der Waals surface area contributed by atoms with Gasteiger partial charge in [-0.25, -0.2) is 9.78 Å². The first kappa shape index (κ1) is 24.4. The summed E-state index contributed by atoms with van der Waals surface area (Å²) in [4.78, 5) is 18.4. The molecule has 0 amide bonds. The molecule has 188 valence electrons. The van der Waals surface area contributed by atoms with Gasteiger partial charge in [-0.3, -0.25) is 0 Å². The van der Waals surface area contributed by atoms with Crippen LogP contribution in [0.2, 0.25) is 0 Å². The Balaban J connectivity index is 1.40. The lowest BCUT2D eigenvalue weighted by Gasteiger charge is -2.22. The molecule has 0 fully saturated rings. The second-order valence-corrected chi connectivity index (χ2v) is 8.79. The molecule has 1 aromatic heterocycles. The van der Waals surface area contributed by atoms with E-state index in [1.807, 2.05) is 72.8 Å². The molecule has 0 N–H and O–H groups in total. The lowest BCUT2D eigenvalue weighted by molar-refractivity contribution is 0.0451. The van der Waals surface area contributed by atoms with Crippen LogP contribution in [0.15, 0.2) is 72.8 Å². The third-order valence-corrected chi connectivity index (χ3v) is 6.48. The molecular formula is C31H29NO5. The number of fused-ring (bicyclic) bond motifs is 2. The van der Waals surface area contributed by atoms with E-state index in [9.17, 15) is 4.79 Å². The molecule has 0 saturated carbocycles. The van der Waals surface area contributed by atoms with E-state index in [-0.39, 0.29) is 19.2 Å². The number of benzene rings is 3. The van der Waals surface area contributed by atoms with Gasteiger partial charge in [-0.15, -0.1) is 0 Å². The van der Waals surface area contributed by atoms with Crippen LogP contribution in [0.1, 0.15) is 40.0 Å². The molecule has 0 atom stereocenters. The van der Waals surface area contributed by atoms with Crippen molar-refractivity contribution >= 4 is 28.5 Å². The number of ether oxygens (including phenoxy) is 4. The van der Waals surface area contributed by atoms with Crippen molar-refractivity contribution in [3.63, 3.8) is 0 Å². The van der Waals surface area contributed by atoms with Gasteiger partial charge in [0.25, 0.3) is 0 Å². The fourth-order valence-electron chi connectivity index (χ4n) is 4.65. The Bertz CT molecular complexity index is 1420. The van der Waals surface area contributed by atoms with Crippen molar-refractivity contribution in [2.24, 2.45) is 0 Å². The zero-order valence-corrected chi connectivity index (χ0v) is 21.0. The predicted octanol–water partition coefficient (Wildman–Crippen LogP) is 6.36. The average Bonchev–Trinajstić information content (AvgIpc) is 2.95. The number of hydrogen-bond acceptors (Lipinski definition) is 6. The summed E-state index contributed by atoms with van der Waals surface area (Å²) in [7, 11) is 3.28. The third-order valence-electron chi connectivity index (χ3n) is 6.48. The van der Waals surface area contributed by atoms with Crippen molar-refractivity contribution in [3.05, 3.63) is 95.2 Å². The van der Waals surface area contributed by atoms with Crippen molar-refractivity contribution in [2.45, 2.75) is 19.3 Å². The second-order valence-electron chi connectivity index (χ2n) is 8.79. The lowest BCUT2D eigenvalue weighted by atomic mass is 9.86. The van der Waals surface area contributed by atoms with Gasteiger partial charge in [0.2, 0.25) is 0 Å². The predicted molar refractivity (Wildman–Crippen MR) is 144 cm³/mol. The van der Waals surface area contributed by atoms with E-state index in [2.05, 4.69) is 6.08 Å². The van der Waals surface area contributed by atoms with Crippen LogP contribution in [0.25, 0.3) is 22.6 Å². The fourth-order valence-corrected chi connectivity index (χ4v) is 4.65. The molecule has 0 radical (unpaired) electrons. The Morgan fingerprint density at radius 3 is 2.24 bits per heavy atom. The number of esters is 1. The van der Waals surface area contributed by atoms with Crippen LogP contribution in [0.5, 0.6) is 17.2 Å². The highest BCUT2D eigenvalue weighted by Gasteiger charge is 2.26. The normalized spacial score (nSPS) is 13.7. The van der Waals surface area contributed by atoms with E-state index in [0.717, 1.165) is 64.1 Å². The van der Waals surface area contributed by atoms with E-state index in [4.69, 9.17) is 23.9 Å². The average molecular weight is 496 g/mol. The topological polar surface area (TPSA) is 66.9 Å². The summed E-state index contributed by atoms with van der Waals surface area (Å²) >= 11 is 0. The largest absolute Gasteiger partial charge is 0.497 e. The van der Waals surface area contributed by atoms with E-state index >= 15 is 0 Å². The lowest BCUT2D eigenvalue weighted by Crippen LogP contribution is -2.17. The van der Waals surface area contributed by atoms with E-state index in [1.54, 1.807) is 14.2 Å². The Morgan fingerprint density at radius 1 is 0.838 bits per heavy atom. The third kappa shape index (κ3) is 5.43. The number of carbonyl (C=O) groups excluding carboxylic acids is 1. The highest BCUT2D eigenvalue weighted by molar-refractivity contribution is 6.06. The molecule has 1 aliphatic rings. The van der Waals surface area contributed by atoms with E-state index < -0.39 is 0 Å². The second kappa shape index (κ2) is 11.2. The molecule has 6 heteroatoms. The van der Waals surface area contributed by atoms with Gasteiger partial charge in [0, 0.05) is 5.39 Å². The number of hydrogen-bond donors (Lipinski definition) is 0. The van der Waals surface area contributed by atoms with E-state index in [0.29, 0.717) is 11.3 Å². The molecule has 5 rings (SSSR count). The zero-order valence-electron chi connectivity index (χ0n) is 21.0. The Morgan fingerprint density at radius 2 is 1.51 bits per heavy atom. The van der Waals surface area contributed by atoms with Crippen molar-refractivity contribution < 1.29 is 23.7 Å². The van der Waals surface area contributed by atoms with E-state index in [1.165, 1.54) is 0 Å². The molecule has 6 nitrogen and oxygen atoms in total. The summed E-state index contributed by atoms with van der Waals surface area (Å²) in [5, 5.41) is 0.813. The van der Waals surface area contributed by atoms with Gasteiger partial charge in [-0.2, -0.15) is 0 Å². The molecule has 3 aromatic carbocycles. The quantitative estimate of drug-likeness (QED) is 0.209. The van der Waals surface area contributed by atoms with Gasteiger partial charge in [0.15, 0.2) is 0 Å². The fraction of sp³-hybridized carbons (Fsp3) is 0.226. The number of pyridine rings is 1. The molecule has 0 saturated heterocycles. The van der Waals surface area contributed by atoms with Gasteiger partial charge in [0.05, 0.1) is 31.0 Å². The summed E-state index contributed by atoms with van der Waals surface area (Å²) in [5.41, 5.74) is 5.40. The highest BCUT2D eigenvalue weighted by Crippen LogP contribution is 2.36. The standard InChI is InChI=1S/C31H29NO5/c1-34-23-12-10-21(11-13-23)20-22-6-5-8-27-29(26-7-3-4-9-28(26)32-30(22)27)31(33)37-19-18-36-25-16-14-24(35-2)15-17-25/h3-4,7,9-17,20H,5-6,8,18-19H2,1-2H3. The summed E-state index contributed by atoms with van der Waals surface area (Å²) < 4.78 is 21.9. The number of aromatic nitrogens is 1. The zero-order chi connectivity index (χ0) is 25.6. The van der Waals surface area contributed by atoms with Crippen molar-refractivity contribution in [1.29, 1.82) is 0 Å². The molecule has 0 unspecified atom stereocenters. The van der Waals surface area contributed by atoms with Crippen LogP contribution in [-0.4, -0.2) is 38.4 Å². The van der Waals surface area contributed by atoms with Crippen LogP contribution in [0, 0.1) is 0 Å². The number of rotatable bonds is 8. The number of para-hydroxylation sites is 1. The van der Waals surface area contributed by atoms with Crippen LogP contribution in [0.4, 0.5) is 0 Å². The van der Waals surface area contributed by atoms with Gasteiger partial charge in [-0.1, -0.05) is 30.3 Å². The SMILES string of the molecule is COc1ccc(C=C2CCCc3c2nc2ccccc2c3C(=O)OCCOc2ccc(OC)cc2)cc1. The first-order valence-corrected chi connectivity index (χ1v) is 12.4. The molecular weight excluding hydrogens is 466 g/mol. The molecule has 4 aromatic rings. The highest BCUT2D eigenvalue weighted by atomic mass is 16.6. The van der Waals surface area contributed by atoms with Crippen LogP contribution in [-0.2, 0) is 11.2 Å². The maximum atomic E-state index is 13.4. The van der Waals surface area contributed by atoms with Crippen LogP contribution in [0.3, 0.4) is 0 Å². The Hall–Kier alpha value is -4.32. The monoisotopic (exact) mass is 495 g/mol. The van der Waals surface area contributed by atoms with Crippen LogP contribution >= 0.6 is 0 Å². The van der Waals surface area contributed by atoms with Crippen molar-refractivity contribution in [3.8, 4) is 17.2 Å². The van der Waals surface area contributed by atoms with Gasteiger partial charge >= 0.3 is 5.97 Å². The summed E-state index contributed by atoms with van der Waals surface area (Å²) in [6.45, 7) is 0.400. The molecule has 37 heavy (non-hydrogen) atoms. The minimum absolute atomic E-state index is 0.144. The first-order valence-electron chi connectivity index (χ1n) is 12.4. The van der Waals surface area contributed by atoms with Crippen molar-refractivity contribution in [2.75, 3.05) is 27.4 Å². The minimum Gasteiger partial charge on any atom is -0.497 e. The minimum atomic E-state index is -0.348. The number of allylic oxidation sites excluding steroid dienone is 1. The van der Waals surface area contributed by atoms with Gasteiger partial charge in [-0.05, 0) is 84.5 Å². The Labute approximate surface area is 216 Å². The number of nitrogens with zero attached hydrogens (tertiary/aromatic N) is 1. The maximum absolute atomic E-state index is 13.4. The molecule has 0 spiro atoms. The maximum Gasteiger partial charge on any atom is 0.339 e. The first-order chi connectivity index (χ1) is 18.2. The van der Waals surface area contributed by atoms with Gasteiger partial charge < -0.3 is 18.9 Å². The van der Waals surface area contributed by atoms with Gasteiger partial charge in [0.1, 0.15) is 30.5 Å². The number of methoxy groups -OCH3 is 2. The molecule has 1 heterocycles. The van der Waals surface area contributed by atoms with Crippen molar-refractivity contribution in [1.82, 2.24) is 4.98 Å². The molecule has 1 aliphatic carbocycles. The summed E-state index contributed by atoms with van der Waals surface area (Å²) in [6.07, 6.45) is 4.77. The van der Waals surface area contributed by atoms with Crippen LogP contribution < -0.4 is 14.2 Å². The summed E-state index contributed by atoms with van der Waals surface area (Å²) in [6, 6.07) is 23.0. The smallest absolute Gasteiger partial charge is 0.339 e. The number of carbonyl (C=O) groups is 1. The molecule has 0 aliphatic heterocycles. The Kier molecular flexibility index (Phi) is 7.36. The molecule has 0 bridgehead atoms. The summed E-state index contributed by atoms with van der Waals surface area (Å²) in [5.74, 6) is 1.92.